The first-order valence-electron chi connectivity index (χ1n) is 12.7. The molecule has 1 fully saturated rings. The minimum Gasteiger partial charge on any atom is -0.507 e. The quantitative estimate of drug-likeness (QED) is 0.185. The Morgan fingerprint density at radius 3 is 2.46 bits per heavy atom. The first-order valence-corrected chi connectivity index (χ1v) is 13.5. The summed E-state index contributed by atoms with van der Waals surface area (Å²) in [5.41, 5.74) is 1.98. The number of ether oxygens (including phenoxy) is 4. The van der Waals surface area contributed by atoms with Crippen molar-refractivity contribution >= 4 is 44.1 Å². The first kappa shape index (κ1) is 26.6. The summed E-state index contributed by atoms with van der Waals surface area (Å²) in [5.74, 6) is -0.967. The SMILES string of the molecule is COc1cc([C@@H]2C(=C(O)c3ccc4c(c3)C[C@H](C)O4)C(=O)C(=O)N2c2nc3ccc(F)cc3s2)cc(OC)c1OC. The molecule has 11 heteroatoms. The van der Waals surface area contributed by atoms with Crippen LogP contribution in [0.3, 0.4) is 0 Å². The second kappa shape index (κ2) is 10.1. The Morgan fingerprint density at radius 1 is 1.05 bits per heavy atom. The van der Waals surface area contributed by atoms with E-state index in [-0.39, 0.29) is 22.6 Å². The maximum Gasteiger partial charge on any atom is 0.301 e. The smallest absolute Gasteiger partial charge is 0.301 e. The number of anilines is 1. The summed E-state index contributed by atoms with van der Waals surface area (Å²) < 4.78 is 36.8. The molecule has 210 valence electrons. The predicted molar refractivity (Wildman–Crippen MR) is 151 cm³/mol. The number of aliphatic hydroxyl groups is 1. The summed E-state index contributed by atoms with van der Waals surface area (Å²) in [6, 6.07) is 11.3. The molecule has 9 nitrogen and oxygen atoms in total. The largest absolute Gasteiger partial charge is 0.507 e. The highest BCUT2D eigenvalue weighted by Gasteiger charge is 2.48. The molecule has 0 spiro atoms. The third kappa shape index (κ3) is 4.33. The number of fused-ring (bicyclic) bond motifs is 2. The van der Waals surface area contributed by atoms with E-state index in [0.29, 0.717) is 50.8 Å². The summed E-state index contributed by atoms with van der Waals surface area (Å²) in [4.78, 5) is 33.1. The number of carbonyl (C=O) groups is 2. The number of Topliss-reactive ketones (excluding diaryl/α,β-unsaturated/α-hetero) is 1. The van der Waals surface area contributed by atoms with E-state index in [1.54, 1.807) is 30.3 Å². The van der Waals surface area contributed by atoms with Gasteiger partial charge in [-0.1, -0.05) is 11.3 Å². The van der Waals surface area contributed by atoms with Crippen molar-refractivity contribution in [2.45, 2.75) is 25.5 Å². The van der Waals surface area contributed by atoms with Crippen LogP contribution in [0.15, 0.2) is 54.1 Å². The summed E-state index contributed by atoms with van der Waals surface area (Å²) >= 11 is 1.06. The molecular weight excluding hydrogens is 551 g/mol. The van der Waals surface area contributed by atoms with Crippen molar-refractivity contribution in [2.75, 3.05) is 26.2 Å². The Labute approximate surface area is 238 Å². The van der Waals surface area contributed by atoms with Gasteiger partial charge in [-0.25, -0.2) is 9.37 Å². The number of halogens is 1. The van der Waals surface area contributed by atoms with Crippen molar-refractivity contribution in [3.05, 3.63) is 76.6 Å². The molecule has 2 aliphatic rings. The van der Waals surface area contributed by atoms with Gasteiger partial charge in [0.05, 0.1) is 43.2 Å². The molecule has 3 aromatic carbocycles. The van der Waals surface area contributed by atoms with Gasteiger partial charge in [-0.2, -0.15) is 0 Å². The lowest BCUT2D eigenvalue weighted by atomic mass is 9.94. The number of amides is 1. The third-order valence-electron chi connectivity index (χ3n) is 7.16. The lowest BCUT2D eigenvalue weighted by Gasteiger charge is -2.24. The van der Waals surface area contributed by atoms with Crippen molar-refractivity contribution in [1.29, 1.82) is 0 Å². The molecule has 1 aromatic heterocycles. The lowest BCUT2D eigenvalue weighted by Crippen LogP contribution is -2.29. The number of carbonyl (C=O) groups excluding carboxylic acids is 2. The van der Waals surface area contributed by atoms with Crippen LogP contribution in [0.5, 0.6) is 23.0 Å². The fraction of sp³-hybridized carbons (Fsp3) is 0.233. The van der Waals surface area contributed by atoms with E-state index in [2.05, 4.69) is 4.98 Å². The predicted octanol–water partition coefficient (Wildman–Crippen LogP) is 5.41. The molecule has 4 aromatic rings. The number of hydrogen-bond acceptors (Lipinski definition) is 9. The molecule has 0 bridgehead atoms. The summed E-state index contributed by atoms with van der Waals surface area (Å²) in [5, 5.41) is 11.8. The number of thiazole rings is 1. The van der Waals surface area contributed by atoms with E-state index in [9.17, 15) is 19.1 Å². The van der Waals surface area contributed by atoms with Crippen LogP contribution in [0.2, 0.25) is 0 Å². The monoisotopic (exact) mass is 576 g/mol. The Morgan fingerprint density at radius 2 is 1.78 bits per heavy atom. The second-order valence-corrected chi connectivity index (χ2v) is 10.7. The van der Waals surface area contributed by atoms with Crippen molar-refractivity contribution < 1.29 is 38.0 Å². The minimum atomic E-state index is -1.11. The number of rotatable bonds is 6. The van der Waals surface area contributed by atoms with Crippen molar-refractivity contribution in [2.24, 2.45) is 0 Å². The van der Waals surface area contributed by atoms with E-state index >= 15 is 0 Å². The minimum absolute atomic E-state index is 0.0175. The first-order chi connectivity index (χ1) is 19.7. The van der Waals surface area contributed by atoms with Crippen LogP contribution in [0, 0.1) is 5.82 Å². The van der Waals surface area contributed by atoms with Gasteiger partial charge in [0.1, 0.15) is 23.4 Å². The van der Waals surface area contributed by atoms with Gasteiger partial charge in [-0.3, -0.25) is 14.5 Å². The molecule has 0 aliphatic carbocycles. The van der Waals surface area contributed by atoms with Gasteiger partial charge in [-0.05, 0) is 66.6 Å². The summed E-state index contributed by atoms with van der Waals surface area (Å²) in [7, 11) is 4.37. The molecule has 1 saturated heterocycles. The van der Waals surface area contributed by atoms with Gasteiger partial charge in [0, 0.05) is 12.0 Å². The lowest BCUT2D eigenvalue weighted by molar-refractivity contribution is -0.132. The highest BCUT2D eigenvalue weighted by molar-refractivity contribution is 7.22. The zero-order valence-corrected chi connectivity index (χ0v) is 23.4. The number of benzene rings is 3. The van der Waals surface area contributed by atoms with E-state index in [1.807, 2.05) is 6.92 Å². The van der Waals surface area contributed by atoms with E-state index < -0.39 is 23.5 Å². The fourth-order valence-electron chi connectivity index (χ4n) is 5.32. The van der Waals surface area contributed by atoms with Crippen LogP contribution < -0.4 is 23.8 Å². The van der Waals surface area contributed by atoms with E-state index in [0.717, 1.165) is 16.9 Å². The van der Waals surface area contributed by atoms with Crippen molar-refractivity contribution in [3.63, 3.8) is 0 Å². The van der Waals surface area contributed by atoms with Crippen LogP contribution >= 0.6 is 11.3 Å². The van der Waals surface area contributed by atoms with Crippen molar-refractivity contribution in [1.82, 2.24) is 4.98 Å². The second-order valence-electron chi connectivity index (χ2n) is 9.69. The molecular formula is C30H25FN2O7S. The molecule has 2 aliphatic heterocycles. The molecule has 6 rings (SSSR count). The Bertz CT molecular complexity index is 1740. The average molecular weight is 577 g/mol. The summed E-state index contributed by atoms with van der Waals surface area (Å²) in [6.45, 7) is 1.94. The van der Waals surface area contributed by atoms with E-state index in [1.165, 1.54) is 44.4 Å². The van der Waals surface area contributed by atoms with Gasteiger partial charge in [-0.15, -0.1) is 0 Å². The maximum atomic E-state index is 14.0. The Hall–Kier alpha value is -4.64. The molecule has 0 radical (unpaired) electrons. The molecule has 1 amide bonds. The number of ketones is 1. The zero-order chi connectivity index (χ0) is 29.0. The number of hydrogen-bond donors (Lipinski definition) is 1. The van der Waals surface area contributed by atoms with Gasteiger partial charge >= 0.3 is 5.91 Å². The highest BCUT2D eigenvalue weighted by Crippen LogP contribution is 2.48. The topological polar surface area (TPSA) is 107 Å². The Balaban J connectivity index is 1.59. The van der Waals surface area contributed by atoms with Crippen LogP contribution in [-0.2, 0) is 16.0 Å². The molecule has 3 heterocycles. The van der Waals surface area contributed by atoms with Gasteiger partial charge in [0.15, 0.2) is 16.6 Å². The maximum absolute atomic E-state index is 14.0. The van der Waals surface area contributed by atoms with Crippen LogP contribution in [0.25, 0.3) is 16.0 Å². The van der Waals surface area contributed by atoms with Crippen molar-refractivity contribution in [3.8, 4) is 23.0 Å². The molecule has 1 N–H and O–H groups in total. The molecule has 0 unspecified atom stereocenters. The highest BCUT2D eigenvalue weighted by atomic mass is 32.1. The molecule has 41 heavy (non-hydrogen) atoms. The van der Waals surface area contributed by atoms with Gasteiger partial charge in [0.25, 0.3) is 5.78 Å². The number of nitrogens with zero attached hydrogens (tertiary/aromatic N) is 2. The number of methoxy groups -OCH3 is 3. The summed E-state index contributed by atoms with van der Waals surface area (Å²) in [6.07, 6.45) is 0.625. The van der Waals surface area contributed by atoms with Gasteiger partial charge in [0.2, 0.25) is 5.75 Å². The zero-order valence-electron chi connectivity index (χ0n) is 22.6. The normalized spacial score (nSPS) is 19.4. The molecule has 0 saturated carbocycles. The fourth-order valence-corrected chi connectivity index (χ4v) is 6.34. The van der Waals surface area contributed by atoms with E-state index in [4.69, 9.17) is 18.9 Å². The third-order valence-corrected chi connectivity index (χ3v) is 8.18. The van der Waals surface area contributed by atoms with Crippen LogP contribution in [0.1, 0.15) is 29.7 Å². The number of aromatic nitrogens is 1. The number of aliphatic hydroxyl groups excluding tert-OH is 1. The van der Waals surface area contributed by atoms with Crippen LogP contribution in [0.4, 0.5) is 9.52 Å². The Kier molecular flexibility index (Phi) is 6.53. The van der Waals surface area contributed by atoms with Gasteiger partial charge < -0.3 is 24.1 Å². The van der Waals surface area contributed by atoms with Crippen LogP contribution in [-0.4, -0.2) is 49.2 Å². The average Bonchev–Trinajstić information content (AvgIpc) is 3.63. The standard InChI is InChI=1S/C30H25FN2O7S/c1-14-9-16-10-15(5-8-20(16)40-14)26(34)24-25(17-11-21(37-2)28(39-4)22(12-17)38-3)33(29(36)27(24)35)30-32-19-7-6-18(31)13-23(19)41-30/h5-8,10-14,25,34H,9H2,1-4H3/t14-,25+/m0/s1. The molecule has 2 atom stereocenters.